The molecular formula is C46H37NO. The fourth-order valence-corrected chi connectivity index (χ4v) is 7.95. The zero-order valence-electron chi connectivity index (χ0n) is 27.0. The lowest BCUT2D eigenvalue weighted by Crippen LogP contribution is -2.11. The molecule has 8 aromatic rings. The Labute approximate surface area is 281 Å². The molecule has 2 heteroatoms. The van der Waals surface area contributed by atoms with E-state index in [2.05, 4.69) is 157 Å². The largest absolute Gasteiger partial charge is 0.456 e. The molecule has 0 saturated heterocycles. The van der Waals surface area contributed by atoms with Crippen LogP contribution in [0.5, 0.6) is 0 Å². The molecule has 1 heterocycles. The minimum Gasteiger partial charge on any atom is -0.456 e. The van der Waals surface area contributed by atoms with Gasteiger partial charge in [0.15, 0.2) is 0 Å². The summed E-state index contributed by atoms with van der Waals surface area (Å²) >= 11 is 0. The van der Waals surface area contributed by atoms with Crippen molar-refractivity contribution in [2.75, 3.05) is 4.90 Å². The van der Waals surface area contributed by atoms with Crippen LogP contribution in [0.25, 0.3) is 55.0 Å². The maximum atomic E-state index is 6.38. The smallest absolute Gasteiger partial charge is 0.137 e. The molecule has 232 valence electrons. The van der Waals surface area contributed by atoms with Gasteiger partial charge in [0.2, 0.25) is 0 Å². The molecule has 0 bridgehead atoms. The van der Waals surface area contributed by atoms with E-state index < -0.39 is 0 Å². The topological polar surface area (TPSA) is 16.4 Å². The summed E-state index contributed by atoms with van der Waals surface area (Å²) in [6, 6.07) is 57.3. The van der Waals surface area contributed by atoms with Gasteiger partial charge in [0.05, 0.1) is 11.1 Å². The number of hydrogen-bond acceptors (Lipinski definition) is 2. The highest BCUT2D eigenvalue weighted by Gasteiger charge is 2.21. The Hall–Kier alpha value is -5.60. The molecule has 2 nitrogen and oxygen atoms in total. The number of furan rings is 1. The molecule has 0 N–H and O–H groups in total. The summed E-state index contributed by atoms with van der Waals surface area (Å²) in [5.41, 5.74) is 11.5. The number of fused-ring (bicyclic) bond motifs is 4. The maximum absolute atomic E-state index is 6.38. The van der Waals surface area contributed by atoms with Crippen LogP contribution in [0.4, 0.5) is 17.1 Å². The Morgan fingerprint density at radius 3 is 1.96 bits per heavy atom. The zero-order chi connectivity index (χ0) is 31.9. The third kappa shape index (κ3) is 5.05. The van der Waals surface area contributed by atoms with Crippen molar-refractivity contribution in [2.45, 2.75) is 38.0 Å². The van der Waals surface area contributed by atoms with Gasteiger partial charge in [-0.2, -0.15) is 0 Å². The van der Waals surface area contributed by atoms with Gasteiger partial charge < -0.3 is 9.32 Å². The van der Waals surface area contributed by atoms with Crippen LogP contribution in [-0.2, 0) is 0 Å². The second-order valence-corrected chi connectivity index (χ2v) is 13.1. The Morgan fingerprint density at radius 2 is 1.15 bits per heavy atom. The van der Waals surface area contributed by atoms with Gasteiger partial charge in [0.1, 0.15) is 11.2 Å². The molecule has 1 saturated carbocycles. The first-order valence-electron chi connectivity index (χ1n) is 17.3. The first kappa shape index (κ1) is 28.6. The SMILES string of the molecule is c1ccc(-c2cccc3cccc(-c4cccc(N(c5ccc(C6CCCCC6)cc5)c5cccc6oc7ccccc7c56)c4)c23)cc1. The summed E-state index contributed by atoms with van der Waals surface area (Å²) in [4.78, 5) is 2.42. The van der Waals surface area contributed by atoms with E-state index in [0.29, 0.717) is 5.92 Å². The third-order valence-electron chi connectivity index (χ3n) is 10.3. The molecule has 48 heavy (non-hydrogen) atoms. The number of hydrogen-bond donors (Lipinski definition) is 0. The van der Waals surface area contributed by atoms with E-state index in [1.807, 2.05) is 6.07 Å². The van der Waals surface area contributed by atoms with Gasteiger partial charge in [0.25, 0.3) is 0 Å². The van der Waals surface area contributed by atoms with Crippen molar-refractivity contribution in [3.63, 3.8) is 0 Å². The summed E-state index contributed by atoms with van der Waals surface area (Å²) in [6.07, 6.45) is 6.62. The van der Waals surface area contributed by atoms with Crippen LogP contribution < -0.4 is 4.90 Å². The maximum Gasteiger partial charge on any atom is 0.137 e. The van der Waals surface area contributed by atoms with Gasteiger partial charge in [-0.3, -0.25) is 0 Å². The molecule has 9 rings (SSSR count). The van der Waals surface area contributed by atoms with Crippen LogP contribution in [0.3, 0.4) is 0 Å². The van der Waals surface area contributed by atoms with Crippen LogP contribution in [0, 0.1) is 0 Å². The summed E-state index contributed by atoms with van der Waals surface area (Å²) in [6.45, 7) is 0. The van der Waals surface area contributed by atoms with Crippen LogP contribution >= 0.6 is 0 Å². The van der Waals surface area contributed by atoms with Crippen molar-refractivity contribution in [3.8, 4) is 22.3 Å². The first-order valence-corrected chi connectivity index (χ1v) is 17.3. The lowest BCUT2D eigenvalue weighted by molar-refractivity contribution is 0.443. The van der Waals surface area contributed by atoms with Crippen molar-refractivity contribution < 1.29 is 4.42 Å². The zero-order valence-corrected chi connectivity index (χ0v) is 27.0. The number of anilines is 3. The van der Waals surface area contributed by atoms with Crippen LogP contribution in [-0.4, -0.2) is 0 Å². The Balaban J connectivity index is 1.24. The van der Waals surface area contributed by atoms with E-state index in [-0.39, 0.29) is 0 Å². The third-order valence-corrected chi connectivity index (χ3v) is 10.3. The molecule has 0 unspecified atom stereocenters. The molecule has 0 aliphatic heterocycles. The van der Waals surface area contributed by atoms with E-state index in [4.69, 9.17) is 4.42 Å². The molecule has 7 aromatic carbocycles. The minimum atomic E-state index is 0.663. The standard InChI is InChI=1S/C46H37NO/c1-3-13-32(14-4-1)33-27-29-37(30-28-33)47(42-24-12-26-44-46(42)41-21-7-8-25-43(41)48-44)38-20-9-19-36(31-38)40-23-11-18-35-17-10-22-39(45(35)40)34-15-5-2-6-16-34/h2,5-12,15-32H,1,3-4,13-14H2. The van der Waals surface area contributed by atoms with Gasteiger partial charge >= 0.3 is 0 Å². The number of benzene rings is 7. The fraction of sp³-hybridized carbons (Fsp3) is 0.130. The van der Waals surface area contributed by atoms with E-state index in [1.54, 1.807) is 0 Å². The molecule has 1 aliphatic carbocycles. The van der Waals surface area contributed by atoms with Crippen molar-refractivity contribution >= 4 is 49.8 Å². The second-order valence-electron chi connectivity index (χ2n) is 13.1. The van der Waals surface area contributed by atoms with E-state index in [1.165, 1.54) is 70.7 Å². The van der Waals surface area contributed by atoms with Crippen molar-refractivity contribution in [1.29, 1.82) is 0 Å². The highest BCUT2D eigenvalue weighted by atomic mass is 16.3. The normalized spacial score (nSPS) is 13.8. The predicted molar refractivity (Wildman–Crippen MR) is 203 cm³/mol. The highest BCUT2D eigenvalue weighted by Crippen LogP contribution is 2.45. The molecule has 1 aliphatic rings. The minimum absolute atomic E-state index is 0.663. The van der Waals surface area contributed by atoms with E-state index in [0.717, 1.165) is 39.0 Å². The molecule has 0 radical (unpaired) electrons. The average molecular weight is 620 g/mol. The Kier molecular flexibility index (Phi) is 7.28. The molecule has 1 fully saturated rings. The monoisotopic (exact) mass is 619 g/mol. The molecule has 0 atom stereocenters. The lowest BCUT2D eigenvalue weighted by atomic mass is 9.84. The Bertz CT molecular complexity index is 2370. The molecule has 0 spiro atoms. The number of rotatable bonds is 6. The number of para-hydroxylation sites is 1. The van der Waals surface area contributed by atoms with Gasteiger partial charge in [-0.25, -0.2) is 0 Å². The summed E-state index contributed by atoms with van der Waals surface area (Å²) < 4.78 is 6.38. The van der Waals surface area contributed by atoms with E-state index in [9.17, 15) is 0 Å². The second kappa shape index (κ2) is 12.2. The van der Waals surface area contributed by atoms with Gasteiger partial charge in [0, 0.05) is 16.8 Å². The first-order chi connectivity index (χ1) is 23.8. The lowest BCUT2D eigenvalue weighted by Gasteiger charge is -2.28. The average Bonchev–Trinajstić information content (AvgIpc) is 3.55. The summed E-state index contributed by atoms with van der Waals surface area (Å²) in [5, 5.41) is 4.77. The summed E-state index contributed by atoms with van der Waals surface area (Å²) in [5.74, 6) is 0.663. The molecule has 1 aromatic heterocycles. The highest BCUT2D eigenvalue weighted by molar-refractivity contribution is 6.13. The van der Waals surface area contributed by atoms with Gasteiger partial charge in [-0.15, -0.1) is 0 Å². The van der Waals surface area contributed by atoms with Gasteiger partial charge in [-0.05, 0) is 99.8 Å². The van der Waals surface area contributed by atoms with Crippen LogP contribution in [0.15, 0.2) is 162 Å². The fourth-order valence-electron chi connectivity index (χ4n) is 7.95. The van der Waals surface area contributed by atoms with Gasteiger partial charge in [-0.1, -0.05) is 135 Å². The van der Waals surface area contributed by atoms with Crippen molar-refractivity contribution in [1.82, 2.24) is 0 Å². The van der Waals surface area contributed by atoms with Crippen molar-refractivity contribution in [3.05, 3.63) is 163 Å². The summed E-state index contributed by atoms with van der Waals surface area (Å²) in [7, 11) is 0. The number of nitrogens with zero attached hydrogens (tertiary/aromatic N) is 1. The molecule has 0 amide bonds. The van der Waals surface area contributed by atoms with Crippen LogP contribution in [0.1, 0.15) is 43.6 Å². The quantitative estimate of drug-likeness (QED) is 0.184. The molecular weight excluding hydrogens is 583 g/mol. The van der Waals surface area contributed by atoms with E-state index >= 15 is 0 Å². The predicted octanol–water partition coefficient (Wildman–Crippen LogP) is 13.6. The van der Waals surface area contributed by atoms with Crippen molar-refractivity contribution in [2.24, 2.45) is 0 Å². The van der Waals surface area contributed by atoms with Crippen LogP contribution in [0.2, 0.25) is 0 Å². The Morgan fingerprint density at radius 1 is 0.479 bits per heavy atom.